The average Bonchev–Trinajstić information content (AvgIpc) is 3.07. The number of aromatic nitrogens is 3. The summed E-state index contributed by atoms with van der Waals surface area (Å²) in [6.45, 7) is 6.16. The van der Waals surface area contributed by atoms with Gasteiger partial charge in [-0.05, 0) is 42.2 Å². The van der Waals surface area contributed by atoms with Gasteiger partial charge in [0.2, 0.25) is 0 Å². The Kier molecular flexibility index (Phi) is 4.74. The molecule has 2 aromatic heterocycles. The molecule has 1 aliphatic rings. The van der Waals surface area contributed by atoms with Crippen molar-refractivity contribution in [2.24, 2.45) is 5.92 Å². The molecule has 0 radical (unpaired) electrons. The van der Waals surface area contributed by atoms with Crippen molar-refractivity contribution in [2.45, 2.75) is 39.4 Å². The third-order valence-corrected chi connectivity index (χ3v) is 5.00. The number of nitrogens with one attached hydrogen (secondary N) is 1. The van der Waals surface area contributed by atoms with Gasteiger partial charge in [0.15, 0.2) is 0 Å². The molecule has 1 aliphatic heterocycles. The van der Waals surface area contributed by atoms with Crippen molar-refractivity contribution < 1.29 is 0 Å². The summed E-state index contributed by atoms with van der Waals surface area (Å²) in [5.41, 5.74) is 5.98. The fourth-order valence-electron chi connectivity index (χ4n) is 3.83. The molecule has 136 valence electrons. The van der Waals surface area contributed by atoms with E-state index in [0.29, 0.717) is 17.5 Å². The molecular weight excluding hydrogens is 334 g/mol. The van der Waals surface area contributed by atoms with Crippen LogP contribution in [0.25, 0.3) is 22.4 Å². The van der Waals surface area contributed by atoms with Crippen LogP contribution in [0.3, 0.4) is 0 Å². The maximum Gasteiger partial charge on any atom is 0.101 e. The monoisotopic (exact) mass is 357 g/mol. The molecule has 0 aliphatic carbocycles. The zero-order valence-corrected chi connectivity index (χ0v) is 15.7. The Morgan fingerprint density at radius 2 is 2.04 bits per heavy atom. The maximum atomic E-state index is 9.28. The third-order valence-electron chi connectivity index (χ3n) is 5.00. The van der Waals surface area contributed by atoms with Crippen molar-refractivity contribution in [1.29, 1.82) is 5.26 Å². The number of benzene rings is 1. The van der Waals surface area contributed by atoms with Crippen molar-refractivity contribution in [3.05, 3.63) is 60.0 Å². The smallest absolute Gasteiger partial charge is 0.101 e. The molecule has 0 fully saturated rings. The predicted octanol–water partition coefficient (Wildman–Crippen LogP) is 4.00. The molecule has 0 spiro atoms. The van der Waals surface area contributed by atoms with Crippen molar-refractivity contribution in [2.75, 3.05) is 0 Å². The fraction of sp³-hybridized carbons (Fsp3) is 0.318. The number of fused-ring (bicyclic) bond motifs is 1. The Hall–Kier alpha value is -2.97. The normalized spacial score (nSPS) is 16.1. The molecule has 5 heteroatoms. The molecule has 0 amide bonds. The first-order chi connectivity index (χ1) is 13.2. The highest BCUT2D eigenvalue weighted by molar-refractivity contribution is 5.83. The summed E-state index contributed by atoms with van der Waals surface area (Å²) in [5, 5.41) is 17.9. The first kappa shape index (κ1) is 17.4. The molecule has 1 aromatic carbocycles. The average molecular weight is 357 g/mol. The lowest BCUT2D eigenvalue weighted by Crippen LogP contribution is -2.40. The van der Waals surface area contributed by atoms with Gasteiger partial charge in [-0.15, -0.1) is 0 Å². The second-order valence-electron chi connectivity index (χ2n) is 7.49. The molecule has 3 heterocycles. The van der Waals surface area contributed by atoms with E-state index >= 15 is 0 Å². The number of hydrogen-bond acceptors (Lipinski definition) is 4. The van der Waals surface area contributed by atoms with Gasteiger partial charge in [0.25, 0.3) is 0 Å². The summed E-state index contributed by atoms with van der Waals surface area (Å²) in [4.78, 5) is 4.16. The van der Waals surface area contributed by atoms with Crippen molar-refractivity contribution in [3.8, 4) is 28.5 Å². The highest BCUT2D eigenvalue weighted by Gasteiger charge is 2.26. The highest BCUT2D eigenvalue weighted by atomic mass is 15.3. The van der Waals surface area contributed by atoms with Gasteiger partial charge in [-0.25, -0.2) is 0 Å². The van der Waals surface area contributed by atoms with E-state index in [-0.39, 0.29) is 0 Å². The molecule has 1 N–H and O–H groups in total. The van der Waals surface area contributed by atoms with Gasteiger partial charge in [0.05, 0.1) is 23.9 Å². The molecule has 1 atom stereocenters. The van der Waals surface area contributed by atoms with Crippen LogP contribution in [0.4, 0.5) is 0 Å². The number of pyridine rings is 1. The number of nitriles is 1. The minimum absolute atomic E-state index is 0.431. The van der Waals surface area contributed by atoms with Crippen LogP contribution in [0.2, 0.25) is 0 Å². The molecule has 0 saturated heterocycles. The van der Waals surface area contributed by atoms with E-state index in [2.05, 4.69) is 34.9 Å². The summed E-state index contributed by atoms with van der Waals surface area (Å²) in [6.07, 6.45) is 4.75. The van der Waals surface area contributed by atoms with Gasteiger partial charge in [0.1, 0.15) is 5.69 Å². The van der Waals surface area contributed by atoms with Crippen LogP contribution in [0.15, 0.2) is 48.8 Å². The van der Waals surface area contributed by atoms with Crippen LogP contribution in [-0.4, -0.2) is 20.8 Å². The number of hydrogen-bond donors (Lipinski definition) is 1. The molecule has 0 bridgehead atoms. The summed E-state index contributed by atoms with van der Waals surface area (Å²) < 4.78 is 2.15. The van der Waals surface area contributed by atoms with E-state index < -0.39 is 0 Å². The number of rotatable bonds is 4. The SMILES string of the molecule is CC(C)C[C@H]1Cn2nc(-c3cccc(C#N)c3)c(-c3ccncc3)c2CN1. The van der Waals surface area contributed by atoms with Crippen LogP contribution in [0, 0.1) is 17.2 Å². The Bertz CT molecular complexity index is 982. The summed E-state index contributed by atoms with van der Waals surface area (Å²) in [5.74, 6) is 0.645. The van der Waals surface area contributed by atoms with Crippen LogP contribution < -0.4 is 5.32 Å². The van der Waals surface area contributed by atoms with E-state index in [1.165, 1.54) is 5.69 Å². The lowest BCUT2D eigenvalue weighted by atomic mass is 9.97. The first-order valence-electron chi connectivity index (χ1n) is 9.39. The van der Waals surface area contributed by atoms with Crippen molar-refractivity contribution in [3.63, 3.8) is 0 Å². The molecule has 0 saturated carbocycles. The molecule has 0 unspecified atom stereocenters. The molecular formula is C22H23N5. The second kappa shape index (κ2) is 7.34. The van der Waals surface area contributed by atoms with Crippen LogP contribution in [-0.2, 0) is 13.1 Å². The van der Waals surface area contributed by atoms with Gasteiger partial charge in [-0.2, -0.15) is 10.4 Å². The minimum Gasteiger partial charge on any atom is -0.307 e. The Balaban J connectivity index is 1.84. The molecule has 4 rings (SSSR count). The quantitative estimate of drug-likeness (QED) is 0.766. The van der Waals surface area contributed by atoms with E-state index in [4.69, 9.17) is 5.10 Å². The number of nitrogens with zero attached hydrogens (tertiary/aromatic N) is 4. The standard InChI is InChI=1S/C22H23N5/c1-15(2)10-19-14-27-20(13-25-19)21(17-6-8-24-9-7-17)22(26-27)18-5-3-4-16(11-18)12-23/h3-9,11,15,19,25H,10,13-14H2,1-2H3/t19-/m0/s1. The summed E-state index contributed by atoms with van der Waals surface area (Å²) in [6, 6.07) is 14.4. The Morgan fingerprint density at radius 3 is 2.78 bits per heavy atom. The molecule has 5 nitrogen and oxygen atoms in total. The van der Waals surface area contributed by atoms with Crippen molar-refractivity contribution >= 4 is 0 Å². The van der Waals surface area contributed by atoms with Crippen molar-refractivity contribution in [1.82, 2.24) is 20.1 Å². The van der Waals surface area contributed by atoms with Crippen LogP contribution >= 0.6 is 0 Å². The van der Waals surface area contributed by atoms with Crippen LogP contribution in [0.5, 0.6) is 0 Å². The molecule has 27 heavy (non-hydrogen) atoms. The van der Waals surface area contributed by atoms with E-state index in [9.17, 15) is 5.26 Å². The largest absolute Gasteiger partial charge is 0.307 e. The third kappa shape index (κ3) is 3.49. The topological polar surface area (TPSA) is 66.5 Å². The minimum atomic E-state index is 0.431. The highest BCUT2D eigenvalue weighted by Crippen LogP contribution is 2.36. The van der Waals surface area contributed by atoms with Gasteiger partial charge < -0.3 is 5.32 Å². The summed E-state index contributed by atoms with van der Waals surface area (Å²) >= 11 is 0. The Morgan fingerprint density at radius 1 is 1.22 bits per heavy atom. The lowest BCUT2D eigenvalue weighted by molar-refractivity contribution is 0.323. The fourth-order valence-corrected chi connectivity index (χ4v) is 3.83. The predicted molar refractivity (Wildman–Crippen MR) is 106 cm³/mol. The zero-order valence-electron chi connectivity index (χ0n) is 15.7. The van der Waals surface area contributed by atoms with E-state index in [1.54, 1.807) is 0 Å². The zero-order chi connectivity index (χ0) is 18.8. The second-order valence-corrected chi connectivity index (χ2v) is 7.49. The maximum absolute atomic E-state index is 9.28. The van der Waals surface area contributed by atoms with Gasteiger partial charge in [-0.3, -0.25) is 9.67 Å². The van der Waals surface area contributed by atoms with Crippen LogP contribution in [0.1, 0.15) is 31.5 Å². The van der Waals surface area contributed by atoms with Gasteiger partial charge in [0, 0.05) is 36.1 Å². The molecule has 3 aromatic rings. The van der Waals surface area contributed by atoms with Gasteiger partial charge in [-0.1, -0.05) is 26.0 Å². The Labute approximate surface area is 159 Å². The van der Waals surface area contributed by atoms with Gasteiger partial charge >= 0.3 is 0 Å². The lowest BCUT2D eigenvalue weighted by Gasteiger charge is -2.27. The first-order valence-corrected chi connectivity index (χ1v) is 9.39. The van der Waals surface area contributed by atoms with E-state index in [0.717, 1.165) is 41.9 Å². The van der Waals surface area contributed by atoms with E-state index in [1.807, 2.05) is 48.8 Å². The summed E-state index contributed by atoms with van der Waals surface area (Å²) in [7, 11) is 0.